The summed E-state index contributed by atoms with van der Waals surface area (Å²) in [5.41, 5.74) is 3.06. The lowest BCUT2D eigenvalue weighted by Crippen LogP contribution is -2.53. The summed E-state index contributed by atoms with van der Waals surface area (Å²) in [6.45, 7) is 6.27. The van der Waals surface area contributed by atoms with Crippen molar-refractivity contribution in [3.05, 3.63) is 68.6 Å². The van der Waals surface area contributed by atoms with Gasteiger partial charge in [0.15, 0.2) is 0 Å². The van der Waals surface area contributed by atoms with E-state index in [2.05, 4.69) is 11.0 Å². The van der Waals surface area contributed by atoms with Crippen molar-refractivity contribution >= 4 is 29.7 Å². The van der Waals surface area contributed by atoms with Gasteiger partial charge in [0.05, 0.1) is 0 Å². The minimum absolute atomic E-state index is 0.116. The van der Waals surface area contributed by atoms with Crippen LogP contribution in [0.25, 0.3) is 12.2 Å². The molecule has 3 aliphatic rings. The molecule has 1 aromatic carbocycles. The Morgan fingerprint density at radius 1 is 1.00 bits per heavy atom. The number of carbonyl (C=O) groups excluding carboxylic acids is 1. The Balaban J connectivity index is 1.32. The first-order chi connectivity index (χ1) is 15.5. The molecule has 0 aliphatic carbocycles. The lowest BCUT2D eigenvalue weighted by atomic mass is 9.81. The Bertz CT molecular complexity index is 1080. The minimum atomic E-state index is 0.116. The van der Waals surface area contributed by atoms with E-state index in [1.165, 1.54) is 12.1 Å². The van der Waals surface area contributed by atoms with E-state index >= 15 is 0 Å². The zero-order valence-corrected chi connectivity index (χ0v) is 19.3. The second-order valence-corrected chi connectivity index (χ2v) is 9.94. The first-order valence-corrected chi connectivity index (χ1v) is 12.0. The number of hydrogen-bond acceptors (Lipinski definition) is 3. The summed E-state index contributed by atoms with van der Waals surface area (Å²) >= 11 is 5.96. The minimum Gasteiger partial charge on any atom is -0.343 e. The lowest BCUT2D eigenvalue weighted by molar-refractivity contribution is -0.130. The fraction of sp³-hybridized carbons (Fsp3) is 0.462. The monoisotopic (exact) mass is 451 g/mol. The predicted octanol–water partition coefficient (Wildman–Crippen LogP) is 4.10. The van der Waals surface area contributed by atoms with Crippen LogP contribution in [0.5, 0.6) is 0 Å². The Labute approximate surface area is 194 Å². The third-order valence-corrected chi connectivity index (χ3v) is 7.67. The summed E-state index contributed by atoms with van der Waals surface area (Å²) in [5.74, 6) is 1.11. The standard InChI is InChI=1S/C26H30ClN3O2/c1-18(31)28-12-10-24(11-13-28)29-15-20-14-22(17-29)25-9-6-21(26(32)30(25)16-20)5-2-19-3-7-23(27)8-4-19/h2-9,20,22,24H,10-17H2,1H3/t20-,22-/m1/s1. The maximum absolute atomic E-state index is 13.2. The van der Waals surface area contributed by atoms with Crippen molar-refractivity contribution in [3.8, 4) is 0 Å². The fourth-order valence-corrected chi connectivity index (χ4v) is 5.86. The smallest absolute Gasteiger partial charge is 0.258 e. The molecule has 0 unspecified atom stereocenters. The van der Waals surface area contributed by atoms with Gasteiger partial charge in [0.1, 0.15) is 0 Å². The molecule has 3 aliphatic heterocycles. The van der Waals surface area contributed by atoms with E-state index in [0.29, 0.717) is 22.9 Å². The molecule has 2 atom stereocenters. The van der Waals surface area contributed by atoms with Crippen molar-refractivity contribution < 1.29 is 4.79 Å². The van der Waals surface area contributed by atoms with Crippen LogP contribution < -0.4 is 5.56 Å². The van der Waals surface area contributed by atoms with Crippen LogP contribution in [-0.2, 0) is 11.3 Å². The summed E-state index contributed by atoms with van der Waals surface area (Å²) in [4.78, 5) is 29.5. The van der Waals surface area contributed by atoms with Gasteiger partial charge in [0, 0.05) is 67.9 Å². The summed E-state index contributed by atoms with van der Waals surface area (Å²) in [7, 11) is 0. The van der Waals surface area contributed by atoms with Crippen molar-refractivity contribution in [2.45, 2.75) is 44.7 Å². The predicted molar refractivity (Wildman–Crippen MR) is 129 cm³/mol. The van der Waals surface area contributed by atoms with Crippen LogP contribution in [-0.4, -0.2) is 52.5 Å². The van der Waals surface area contributed by atoms with Crippen molar-refractivity contribution in [2.75, 3.05) is 26.2 Å². The van der Waals surface area contributed by atoms with Crippen LogP contribution in [0.1, 0.15) is 48.9 Å². The zero-order chi connectivity index (χ0) is 22.2. The highest BCUT2D eigenvalue weighted by molar-refractivity contribution is 6.30. The average molecular weight is 452 g/mol. The van der Waals surface area contributed by atoms with Gasteiger partial charge >= 0.3 is 0 Å². The Morgan fingerprint density at radius 2 is 1.75 bits per heavy atom. The van der Waals surface area contributed by atoms with Gasteiger partial charge in [0.2, 0.25) is 5.91 Å². The van der Waals surface area contributed by atoms with Crippen LogP contribution in [0.2, 0.25) is 5.02 Å². The molecule has 0 spiro atoms. The third kappa shape index (κ3) is 4.28. The summed E-state index contributed by atoms with van der Waals surface area (Å²) < 4.78 is 2.02. The van der Waals surface area contributed by atoms with Crippen LogP contribution in [0.3, 0.4) is 0 Å². The van der Waals surface area contributed by atoms with Gasteiger partial charge in [-0.1, -0.05) is 29.8 Å². The first kappa shape index (κ1) is 21.5. The zero-order valence-electron chi connectivity index (χ0n) is 18.5. The van der Waals surface area contributed by atoms with Crippen LogP contribution >= 0.6 is 11.6 Å². The van der Waals surface area contributed by atoms with E-state index in [4.69, 9.17) is 11.6 Å². The molecule has 0 saturated carbocycles. The van der Waals surface area contributed by atoms with Gasteiger partial charge in [-0.15, -0.1) is 0 Å². The molecule has 0 N–H and O–H groups in total. The lowest BCUT2D eigenvalue weighted by Gasteiger charge is -2.47. The molecular weight excluding hydrogens is 422 g/mol. The van der Waals surface area contributed by atoms with Crippen molar-refractivity contribution in [1.29, 1.82) is 0 Å². The molecule has 0 radical (unpaired) electrons. The van der Waals surface area contributed by atoms with Gasteiger partial charge in [-0.3, -0.25) is 14.5 Å². The van der Waals surface area contributed by atoms with Gasteiger partial charge in [-0.25, -0.2) is 0 Å². The molecule has 6 heteroatoms. The number of nitrogens with zero attached hydrogens (tertiary/aromatic N) is 3. The van der Waals surface area contributed by atoms with Crippen LogP contribution in [0.15, 0.2) is 41.2 Å². The number of aromatic nitrogens is 1. The summed E-state index contributed by atoms with van der Waals surface area (Å²) in [5, 5.41) is 0.709. The molecule has 4 heterocycles. The number of carbonyl (C=O) groups is 1. The molecular formula is C26H30ClN3O2. The second-order valence-electron chi connectivity index (χ2n) is 9.50. The molecule has 2 bridgehead atoms. The largest absolute Gasteiger partial charge is 0.343 e. The number of fused-ring (bicyclic) bond motifs is 4. The molecule has 5 nitrogen and oxygen atoms in total. The number of piperidine rings is 2. The Morgan fingerprint density at radius 3 is 2.47 bits per heavy atom. The third-order valence-electron chi connectivity index (χ3n) is 7.41. The highest BCUT2D eigenvalue weighted by Gasteiger charge is 2.38. The molecule has 5 rings (SSSR count). The Kier molecular flexibility index (Phi) is 5.95. The molecule has 1 amide bonds. The van der Waals surface area contributed by atoms with E-state index in [1.807, 2.05) is 52.0 Å². The topological polar surface area (TPSA) is 45.6 Å². The van der Waals surface area contributed by atoms with E-state index in [-0.39, 0.29) is 11.5 Å². The molecule has 2 fully saturated rings. The summed E-state index contributed by atoms with van der Waals surface area (Å²) in [6, 6.07) is 12.3. The number of likely N-dealkylation sites (tertiary alicyclic amines) is 2. The van der Waals surface area contributed by atoms with Crippen molar-refractivity contribution in [2.24, 2.45) is 5.92 Å². The van der Waals surface area contributed by atoms with E-state index in [0.717, 1.165) is 56.7 Å². The number of hydrogen-bond donors (Lipinski definition) is 0. The Hall–Kier alpha value is -2.37. The molecule has 32 heavy (non-hydrogen) atoms. The van der Waals surface area contributed by atoms with Gasteiger partial charge < -0.3 is 9.47 Å². The quantitative estimate of drug-likeness (QED) is 0.705. The van der Waals surface area contributed by atoms with Crippen LogP contribution in [0, 0.1) is 5.92 Å². The van der Waals surface area contributed by atoms with Gasteiger partial charge in [-0.05, 0) is 61.1 Å². The number of benzene rings is 1. The number of pyridine rings is 1. The highest BCUT2D eigenvalue weighted by Crippen LogP contribution is 2.37. The maximum atomic E-state index is 13.2. The highest BCUT2D eigenvalue weighted by atomic mass is 35.5. The summed E-state index contributed by atoms with van der Waals surface area (Å²) in [6.07, 6.45) is 7.17. The van der Waals surface area contributed by atoms with E-state index < -0.39 is 0 Å². The van der Waals surface area contributed by atoms with E-state index in [9.17, 15) is 9.59 Å². The number of rotatable bonds is 3. The normalized spacial score (nSPS) is 24.0. The number of halogens is 1. The molecule has 168 valence electrons. The molecule has 1 aromatic heterocycles. The van der Waals surface area contributed by atoms with Gasteiger partial charge in [-0.2, -0.15) is 0 Å². The SMILES string of the molecule is CC(=O)N1CCC(N2C[C@H]3C[C@H](C2)c2ccc(C=Cc4ccc(Cl)cc4)c(=O)n2C3)CC1. The second kappa shape index (κ2) is 8.87. The first-order valence-electron chi connectivity index (χ1n) is 11.6. The van der Waals surface area contributed by atoms with Crippen molar-refractivity contribution in [3.63, 3.8) is 0 Å². The maximum Gasteiger partial charge on any atom is 0.258 e. The fourth-order valence-electron chi connectivity index (χ4n) is 5.73. The van der Waals surface area contributed by atoms with E-state index in [1.54, 1.807) is 6.92 Å². The molecule has 2 saturated heterocycles. The van der Waals surface area contributed by atoms with Crippen LogP contribution in [0.4, 0.5) is 0 Å². The average Bonchev–Trinajstić information content (AvgIpc) is 2.80. The van der Waals surface area contributed by atoms with Crippen molar-refractivity contribution in [1.82, 2.24) is 14.4 Å². The van der Waals surface area contributed by atoms with Gasteiger partial charge in [0.25, 0.3) is 5.56 Å². The number of amides is 1. The molecule has 2 aromatic rings.